The molecule has 0 radical (unpaired) electrons. The molecule has 1 fully saturated rings. The Morgan fingerprint density at radius 2 is 2.15 bits per heavy atom. The molecule has 2 heterocycles. The third-order valence-corrected chi connectivity index (χ3v) is 6.26. The number of rotatable bonds is 4. The fraction of sp³-hybridized carbons (Fsp3) is 0.450. The van der Waals surface area contributed by atoms with E-state index in [0.717, 1.165) is 35.9 Å². The first kappa shape index (κ1) is 18.1. The zero-order valence-corrected chi connectivity index (χ0v) is 16.0. The Kier molecular flexibility index (Phi) is 5.22. The average Bonchev–Trinajstić information content (AvgIpc) is 3.03. The van der Waals surface area contributed by atoms with Gasteiger partial charge in [0.2, 0.25) is 0 Å². The van der Waals surface area contributed by atoms with Crippen LogP contribution in [0.3, 0.4) is 0 Å². The first-order valence-corrected chi connectivity index (χ1v) is 10.1. The number of methoxy groups -OCH3 is 1. The predicted octanol–water partition coefficient (Wildman–Crippen LogP) is 2.82. The summed E-state index contributed by atoms with van der Waals surface area (Å²) in [5.74, 6) is -0.855. The van der Waals surface area contributed by atoms with Gasteiger partial charge in [-0.25, -0.2) is 0 Å². The van der Waals surface area contributed by atoms with Crippen LogP contribution in [0.2, 0.25) is 0 Å². The van der Waals surface area contributed by atoms with Crippen molar-refractivity contribution in [2.45, 2.75) is 38.3 Å². The molecule has 1 aliphatic heterocycles. The molecule has 4 rings (SSSR count). The smallest absolute Gasteiger partial charge is 0.286 e. The van der Waals surface area contributed by atoms with Crippen LogP contribution in [0.15, 0.2) is 41.1 Å². The number of para-hydroxylation sites is 1. The Labute approximate surface area is 161 Å². The summed E-state index contributed by atoms with van der Waals surface area (Å²) >= 11 is 1.43. The lowest BCUT2D eigenvalue weighted by Crippen LogP contribution is -2.38. The lowest BCUT2D eigenvalue weighted by molar-refractivity contribution is -0.130. The number of benzene rings is 1. The van der Waals surface area contributed by atoms with E-state index in [4.69, 9.17) is 9.47 Å². The highest BCUT2D eigenvalue weighted by atomic mass is 32.1. The molecule has 1 amide bonds. The number of amides is 1. The molecule has 27 heavy (non-hydrogen) atoms. The molecule has 142 valence electrons. The highest BCUT2D eigenvalue weighted by Gasteiger charge is 2.39. The zero-order chi connectivity index (χ0) is 18.8. The minimum Gasteiger partial charge on any atom is -0.496 e. The van der Waals surface area contributed by atoms with Crippen molar-refractivity contribution in [3.63, 3.8) is 0 Å². The SMILES string of the molecule is COCCn1c(=NC(=O)C2=COC3CCCCC3C2=O)sc2ccccc21. The number of Topliss-reactive ketones (excluding diaryl/α,β-unsaturated/α-hetero) is 1. The summed E-state index contributed by atoms with van der Waals surface area (Å²) in [6.45, 7) is 1.09. The van der Waals surface area contributed by atoms with E-state index in [1.54, 1.807) is 7.11 Å². The molecule has 2 unspecified atom stereocenters. The van der Waals surface area contributed by atoms with Gasteiger partial charge in [-0.15, -0.1) is 0 Å². The van der Waals surface area contributed by atoms with Gasteiger partial charge in [0, 0.05) is 13.7 Å². The molecule has 1 saturated carbocycles. The Morgan fingerprint density at radius 1 is 1.33 bits per heavy atom. The number of thiazole rings is 1. The van der Waals surface area contributed by atoms with Crippen LogP contribution in [0.4, 0.5) is 0 Å². The number of aromatic nitrogens is 1. The van der Waals surface area contributed by atoms with Gasteiger partial charge in [0.1, 0.15) is 11.7 Å². The largest absolute Gasteiger partial charge is 0.496 e. The molecule has 2 aromatic rings. The number of carbonyl (C=O) groups is 2. The number of fused-ring (bicyclic) bond motifs is 2. The second-order valence-electron chi connectivity index (χ2n) is 6.88. The van der Waals surface area contributed by atoms with E-state index in [1.165, 1.54) is 17.6 Å². The van der Waals surface area contributed by atoms with E-state index >= 15 is 0 Å². The Bertz CT molecular complexity index is 972. The highest BCUT2D eigenvalue weighted by molar-refractivity contribution is 7.16. The standard InChI is InChI=1S/C20H22N2O4S/c1-25-11-10-22-15-7-3-5-9-17(15)27-20(22)21-19(24)14-12-26-16-8-4-2-6-13(16)18(14)23/h3,5,7,9,12-13,16H,2,4,6,8,10-11H2,1H3. The molecule has 0 saturated heterocycles. The topological polar surface area (TPSA) is 69.9 Å². The molecule has 1 aromatic heterocycles. The summed E-state index contributed by atoms with van der Waals surface area (Å²) in [7, 11) is 1.64. The van der Waals surface area contributed by atoms with Gasteiger partial charge in [0.15, 0.2) is 10.6 Å². The number of hydrogen-bond donors (Lipinski definition) is 0. The minimum absolute atomic E-state index is 0.0638. The summed E-state index contributed by atoms with van der Waals surface area (Å²) in [5, 5.41) is 0. The fourth-order valence-electron chi connectivity index (χ4n) is 3.78. The number of ether oxygens (including phenoxy) is 2. The van der Waals surface area contributed by atoms with Crippen LogP contribution in [-0.4, -0.2) is 36.1 Å². The normalized spacial score (nSPS) is 23.1. The minimum atomic E-state index is -0.526. The van der Waals surface area contributed by atoms with Crippen LogP contribution in [0.25, 0.3) is 10.2 Å². The van der Waals surface area contributed by atoms with Crippen molar-refractivity contribution in [1.82, 2.24) is 4.57 Å². The van der Waals surface area contributed by atoms with Crippen LogP contribution < -0.4 is 4.80 Å². The maximum absolute atomic E-state index is 12.8. The van der Waals surface area contributed by atoms with Gasteiger partial charge in [-0.3, -0.25) is 9.59 Å². The van der Waals surface area contributed by atoms with Crippen LogP contribution in [0.1, 0.15) is 25.7 Å². The zero-order valence-electron chi connectivity index (χ0n) is 15.2. The van der Waals surface area contributed by atoms with Gasteiger partial charge < -0.3 is 14.0 Å². The fourth-order valence-corrected chi connectivity index (χ4v) is 4.84. The third kappa shape index (κ3) is 3.49. The summed E-state index contributed by atoms with van der Waals surface area (Å²) in [6, 6.07) is 7.89. The summed E-state index contributed by atoms with van der Waals surface area (Å²) in [4.78, 5) is 30.4. The average molecular weight is 386 g/mol. The maximum Gasteiger partial charge on any atom is 0.286 e. The molecule has 2 aliphatic rings. The molecule has 1 aromatic carbocycles. The number of nitrogens with zero attached hydrogens (tertiary/aromatic N) is 2. The monoisotopic (exact) mass is 386 g/mol. The van der Waals surface area contributed by atoms with Crippen molar-refractivity contribution in [2.75, 3.05) is 13.7 Å². The lowest BCUT2D eigenvalue weighted by Gasteiger charge is -2.33. The van der Waals surface area contributed by atoms with Crippen LogP contribution in [0.5, 0.6) is 0 Å². The van der Waals surface area contributed by atoms with Crippen LogP contribution >= 0.6 is 11.3 Å². The van der Waals surface area contributed by atoms with E-state index in [0.29, 0.717) is 18.0 Å². The van der Waals surface area contributed by atoms with E-state index in [-0.39, 0.29) is 23.4 Å². The van der Waals surface area contributed by atoms with Crippen LogP contribution in [0, 0.1) is 5.92 Å². The van der Waals surface area contributed by atoms with Crippen molar-refractivity contribution in [1.29, 1.82) is 0 Å². The Morgan fingerprint density at radius 3 is 3.00 bits per heavy atom. The van der Waals surface area contributed by atoms with E-state index < -0.39 is 5.91 Å². The van der Waals surface area contributed by atoms with Crippen molar-refractivity contribution in [3.05, 3.63) is 40.9 Å². The van der Waals surface area contributed by atoms with Crippen LogP contribution in [-0.2, 0) is 25.6 Å². The van der Waals surface area contributed by atoms with Crippen molar-refractivity contribution in [3.8, 4) is 0 Å². The molecule has 0 bridgehead atoms. The number of ketones is 1. The van der Waals surface area contributed by atoms with Gasteiger partial charge >= 0.3 is 0 Å². The lowest BCUT2D eigenvalue weighted by atomic mass is 9.80. The van der Waals surface area contributed by atoms with Crippen molar-refractivity contribution < 1.29 is 19.1 Å². The number of hydrogen-bond acceptors (Lipinski definition) is 5. The van der Waals surface area contributed by atoms with E-state index in [2.05, 4.69) is 4.99 Å². The van der Waals surface area contributed by atoms with E-state index in [1.807, 2.05) is 28.8 Å². The highest BCUT2D eigenvalue weighted by Crippen LogP contribution is 2.33. The second-order valence-corrected chi connectivity index (χ2v) is 7.88. The molecule has 2 atom stereocenters. The Balaban J connectivity index is 1.69. The molecule has 1 aliphatic carbocycles. The number of carbonyl (C=O) groups excluding carboxylic acids is 2. The summed E-state index contributed by atoms with van der Waals surface area (Å²) in [6.07, 6.45) is 4.97. The van der Waals surface area contributed by atoms with Gasteiger partial charge in [-0.05, 0) is 31.4 Å². The van der Waals surface area contributed by atoms with Gasteiger partial charge in [-0.1, -0.05) is 29.9 Å². The maximum atomic E-state index is 12.8. The first-order valence-electron chi connectivity index (χ1n) is 9.25. The quantitative estimate of drug-likeness (QED) is 0.758. The van der Waals surface area contributed by atoms with Crippen molar-refractivity contribution >= 4 is 33.2 Å². The van der Waals surface area contributed by atoms with Gasteiger partial charge in [-0.2, -0.15) is 4.99 Å². The molecule has 6 nitrogen and oxygen atoms in total. The summed E-state index contributed by atoms with van der Waals surface area (Å²) in [5.41, 5.74) is 1.06. The molecule has 0 N–H and O–H groups in total. The third-order valence-electron chi connectivity index (χ3n) is 5.20. The summed E-state index contributed by atoms with van der Waals surface area (Å²) < 4.78 is 13.9. The molecular formula is C20H22N2O4S. The van der Waals surface area contributed by atoms with Crippen molar-refractivity contribution in [2.24, 2.45) is 10.9 Å². The van der Waals surface area contributed by atoms with Gasteiger partial charge in [0.25, 0.3) is 5.91 Å². The van der Waals surface area contributed by atoms with E-state index in [9.17, 15) is 9.59 Å². The Hall–Kier alpha value is -2.25. The second kappa shape index (κ2) is 7.78. The van der Waals surface area contributed by atoms with Gasteiger partial charge in [0.05, 0.1) is 29.0 Å². The molecular weight excluding hydrogens is 364 g/mol. The first-order chi connectivity index (χ1) is 13.2. The molecule has 7 heteroatoms. The predicted molar refractivity (Wildman–Crippen MR) is 102 cm³/mol. The molecule has 0 spiro atoms.